The van der Waals surface area contributed by atoms with Crippen LogP contribution in [0.2, 0.25) is 5.02 Å². The van der Waals surface area contributed by atoms with Gasteiger partial charge in [0.1, 0.15) is 16.9 Å². The molecular formula is C23H28ClFN4O2S. The Kier molecular flexibility index (Phi) is 5.24. The number of rotatable bonds is 1. The molecule has 1 amide bonds. The second-order valence-electron chi connectivity index (χ2n) is 10.1. The van der Waals surface area contributed by atoms with Crippen molar-refractivity contribution in [1.29, 1.82) is 0 Å². The van der Waals surface area contributed by atoms with Crippen LogP contribution < -0.4 is 4.90 Å². The quantitative estimate of drug-likeness (QED) is 0.410. The first kappa shape index (κ1) is 22.0. The molecule has 0 saturated carbocycles. The molecule has 4 atom stereocenters. The molecule has 0 aliphatic carbocycles. The number of carbonyl (C=O) groups is 1. The minimum Gasteiger partial charge on any atom is -0.444 e. The second kappa shape index (κ2) is 7.62. The number of piperazine rings is 1. The predicted octanol–water partition coefficient (Wildman–Crippen LogP) is 5.29. The smallest absolute Gasteiger partial charge is 0.410 e. The molecule has 0 N–H and O–H groups in total. The summed E-state index contributed by atoms with van der Waals surface area (Å²) in [5.74, 6) is 0.502. The Morgan fingerprint density at radius 2 is 2.06 bits per heavy atom. The van der Waals surface area contributed by atoms with Crippen molar-refractivity contribution in [3.05, 3.63) is 22.5 Å². The fourth-order valence-electron chi connectivity index (χ4n) is 5.70. The van der Waals surface area contributed by atoms with E-state index in [1.54, 1.807) is 0 Å². The zero-order chi connectivity index (χ0) is 22.9. The van der Waals surface area contributed by atoms with Gasteiger partial charge in [0.05, 0.1) is 23.5 Å². The molecule has 0 unspecified atom stereocenters. The van der Waals surface area contributed by atoms with E-state index in [1.807, 2.05) is 31.9 Å². The van der Waals surface area contributed by atoms with Crippen LogP contribution in [0.3, 0.4) is 0 Å². The van der Waals surface area contributed by atoms with E-state index < -0.39 is 11.4 Å². The monoisotopic (exact) mass is 478 g/mol. The van der Waals surface area contributed by atoms with Gasteiger partial charge in [0.2, 0.25) is 0 Å². The van der Waals surface area contributed by atoms with Crippen LogP contribution in [0.1, 0.15) is 46.1 Å². The van der Waals surface area contributed by atoms with Gasteiger partial charge in [-0.25, -0.2) is 19.2 Å². The number of fused-ring (bicyclic) bond motifs is 5. The summed E-state index contributed by atoms with van der Waals surface area (Å²) < 4.78 is 20.7. The molecule has 1 aromatic heterocycles. The lowest BCUT2D eigenvalue weighted by Crippen LogP contribution is -2.63. The van der Waals surface area contributed by atoms with E-state index in [-0.39, 0.29) is 30.1 Å². The molecule has 2 bridgehead atoms. The standard InChI is InChI=1S/C23H28ClFN4O2S/c1-11-8-13-14(24)9-15(25)18-17(13)20(27-21(26-18)32-5)28-10-12-6-7-16(19(11)28)29(12)22(30)31-23(2,3)4/h9,11-12,16,19H,6-8,10H2,1-5H3/t11-,12+,16-,19-/m0/s1. The van der Waals surface area contributed by atoms with Gasteiger partial charge in [0, 0.05) is 11.6 Å². The largest absolute Gasteiger partial charge is 0.444 e. The highest BCUT2D eigenvalue weighted by Gasteiger charge is 2.52. The first-order valence-electron chi connectivity index (χ1n) is 11.1. The lowest BCUT2D eigenvalue weighted by molar-refractivity contribution is 0.00493. The first-order chi connectivity index (χ1) is 15.1. The third kappa shape index (κ3) is 3.41. The Labute approximate surface area is 196 Å². The lowest BCUT2D eigenvalue weighted by Gasteiger charge is -2.49. The van der Waals surface area contributed by atoms with E-state index in [4.69, 9.17) is 21.3 Å². The van der Waals surface area contributed by atoms with E-state index in [0.29, 0.717) is 34.0 Å². The molecule has 2 fully saturated rings. The number of nitrogens with zero attached hydrogens (tertiary/aromatic N) is 4. The molecule has 32 heavy (non-hydrogen) atoms. The van der Waals surface area contributed by atoms with Crippen LogP contribution in [-0.2, 0) is 11.2 Å². The van der Waals surface area contributed by atoms with E-state index in [1.165, 1.54) is 17.8 Å². The van der Waals surface area contributed by atoms with Crippen molar-refractivity contribution < 1.29 is 13.9 Å². The highest BCUT2D eigenvalue weighted by Crippen LogP contribution is 2.46. The number of anilines is 1. The summed E-state index contributed by atoms with van der Waals surface area (Å²) in [6.45, 7) is 8.51. The molecule has 3 aliphatic rings. The number of carbonyl (C=O) groups excluding carboxylic acids is 1. The van der Waals surface area contributed by atoms with Crippen molar-refractivity contribution in [2.24, 2.45) is 5.92 Å². The summed E-state index contributed by atoms with van der Waals surface area (Å²) in [5, 5.41) is 1.67. The third-order valence-corrected chi connectivity index (χ3v) is 7.70. The van der Waals surface area contributed by atoms with Crippen molar-refractivity contribution in [3.63, 3.8) is 0 Å². The van der Waals surface area contributed by atoms with Crippen molar-refractivity contribution in [1.82, 2.24) is 14.9 Å². The van der Waals surface area contributed by atoms with Crippen molar-refractivity contribution in [2.45, 2.75) is 75.8 Å². The fraction of sp³-hybridized carbons (Fsp3) is 0.609. The van der Waals surface area contributed by atoms with Crippen molar-refractivity contribution in [3.8, 4) is 0 Å². The fourth-order valence-corrected chi connectivity index (χ4v) is 6.33. The van der Waals surface area contributed by atoms with Crippen LogP contribution in [0.25, 0.3) is 10.9 Å². The van der Waals surface area contributed by atoms with Crippen molar-refractivity contribution >= 4 is 46.2 Å². The summed E-state index contributed by atoms with van der Waals surface area (Å²) >= 11 is 7.95. The Morgan fingerprint density at radius 1 is 1.31 bits per heavy atom. The molecule has 4 heterocycles. The molecule has 9 heteroatoms. The van der Waals surface area contributed by atoms with Crippen LogP contribution in [-0.4, -0.2) is 57.5 Å². The van der Waals surface area contributed by atoms with Crippen LogP contribution >= 0.6 is 23.4 Å². The van der Waals surface area contributed by atoms with E-state index in [0.717, 1.165) is 24.2 Å². The minimum absolute atomic E-state index is 0.0132. The minimum atomic E-state index is -0.546. The molecule has 172 valence electrons. The van der Waals surface area contributed by atoms with Crippen LogP contribution in [0.15, 0.2) is 11.2 Å². The maximum atomic E-state index is 15.0. The molecule has 1 aromatic carbocycles. The molecule has 3 aliphatic heterocycles. The summed E-state index contributed by atoms with van der Waals surface area (Å²) in [6, 6.07) is 1.46. The highest BCUT2D eigenvalue weighted by atomic mass is 35.5. The molecule has 2 saturated heterocycles. The first-order valence-corrected chi connectivity index (χ1v) is 12.7. The summed E-state index contributed by atoms with van der Waals surface area (Å²) in [5.41, 5.74) is 0.677. The van der Waals surface area contributed by atoms with Crippen LogP contribution in [0.4, 0.5) is 15.0 Å². The Hall–Kier alpha value is -1.80. The topological polar surface area (TPSA) is 58.6 Å². The molecular weight excluding hydrogens is 451 g/mol. The van der Waals surface area contributed by atoms with Gasteiger partial charge >= 0.3 is 6.09 Å². The van der Waals surface area contributed by atoms with Gasteiger partial charge in [-0.15, -0.1) is 0 Å². The summed E-state index contributed by atoms with van der Waals surface area (Å²) in [6.07, 6.45) is 4.15. The maximum absolute atomic E-state index is 15.0. The number of amides is 1. The SMILES string of the molecule is CSc1nc2c3c(c(Cl)cc(F)c3n1)C[C@H](C)[C@H]1[C@@H]3CC[C@H](CN21)N3C(=O)OC(C)(C)C. The molecule has 5 rings (SSSR count). The number of hydrogen-bond acceptors (Lipinski definition) is 6. The van der Waals surface area contributed by atoms with Gasteiger partial charge in [-0.3, -0.25) is 4.90 Å². The highest BCUT2D eigenvalue weighted by molar-refractivity contribution is 7.98. The third-order valence-electron chi connectivity index (χ3n) is 6.82. The molecule has 6 nitrogen and oxygen atoms in total. The number of benzene rings is 1. The average molecular weight is 479 g/mol. The molecule has 0 spiro atoms. The van der Waals surface area contributed by atoms with Gasteiger partial charge in [0.15, 0.2) is 11.0 Å². The summed E-state index contributed by atoms with van der Waals surface area (Å²) in [4.78, 5) is 26.7. The number of ether oxygens (including phenoxy) is 1. The normalized spacial score (nSPS) is 26.8. The van der Waals surface area contributed by atoms with E-state index in [9.17, 15) is 9.18 Å². The zero-order valence-electron chi connectivity index (χ0n) is 19.0. The summed E-state index contributed by atoms with van der Waals surface area (Å²) in [7, 11) is 0. The van der Waals surface area contributed by atoms with Crippen LogP contribution in [0.5, 0.6) is 0 Å². The van der Waals surface area contributed by atoms with E-state index >= 15 is 0 Å². The Morgan fingerprint density at radius 3 is 2.75 bits per heavy atom. The zero-order valence-corrected chi connectivity index (χ0v) is 20.6. The van der Waals surface area contributed by atoms with Gasteiger partial charge in [-0.05, 0) is 63.8 Å². The number of aromatic nitrogens is 2. The molecule has 0 radical (unpaired) electrons. The van der Waals surface area contributed by atoms with Gasteiger partial charge < -0.3 is 9.64 Å². The molecule has 2 aromatic rings. The Bertz CT molecular complexity index is 1110. The van der Waals surface area contributed by atoms with Crippen molar-refractivity contribution in [2.75, 3.05) is 17.7 Å². The maximum Gasteiger partial charge on any atom is 0.410 e. The number of halogens is 2. The number of hydrogen-bond donors (Lipinski definition) is 0. The van der Waals surface area contributed by atoms with Gasteiger partial charge in [-0.2, -0.15) is 0 Å². The number of thioether (sulfide) groups is 1. The average Bonchev–Trinajstić information content (AvgIpc) is 2.95. The van der Waals surface area contributed by atoms with Crippen LogP contribution in [0, 0.1) is 11.7 Å². The second-order valence-corrected chi connectivity index (χ2v) is 11.3. The van der Waals surface area contributed by atoms with E-state index in [2.05, 4.69) is 16.8 Å². The van der Waals surface area contributed by atoms with Gasteiger partial charge in [0.25, 0.3) is 0 Å². The Balaban J connectivity index is 1.65. The lowest BCUT2D eigenvalue weighted by atomic mass is 9.87. The van der Waals surface area contributed by atoms with Gasteiger partial charge in [-0.1, -0.05) is 30.3 Å². The predicted molar refractivity (Wildman–Crippen MR) is 125 cm³/mol.